The Morgan fingerprint density at radius 2 is 1.03 bits per heavy atom. The van der Waals surface area contributed by atoms with Crippen LogP contribution in [-0.4, -0.2) is 46.0 Å². The van der Waals surface area contributed by atoms with Gasteiger partial charge >= 0.3 is 15.6 Å². The van der Waals surface area contributed by atoms with Gasteiger partial charge in [0.15, 0.2) is 0 Å². The van der Waals surface area contributed by atoms with E-state index in [9.17, 15) is 9.13 Å². The zero-order chi connectivity index (χ0) is 24.7. The Morgan fingerprint density at radius 1 is 0.594 bits per heavy atom. The Hall–Kier alpha value is 0.180. The zero-order valence-corrected chi connectivity index (χ0v) is 22.1. The Balaban J connectivity index is 4.10. The fourth-order valence-corrected chi connectivity index (χ4v) is 4.85. The van der Waals surface area contributed by atoms with Crippen LogP contribution < -0.4 is 0 Å². The summed E-state index contributed by atoms with van der Waals surface area (Å²) in [6.45, 7) is 9.73. The van der Waals surface area contributed by atoms with Crippen LogP contribution in [0.25, 0.3) is 0 Å². The number of unbranched alkanes of at least 4 members (excludes halogenated alkanes) is 2. The molecular weight excluding hydrogens is 458 g/mol. The Morgan fingerprint density at radius 3 is 1.44 bits per heavy atom. The van der Waals surface area contributed by atoms with E-state index in [0.717, 1.165) is 64.2 Å². The van der Waals surface area contributed by atoms with E-state index in [1.165, 1.54) is 0 Å². The SMILES string of the molecule is CCC(CC)(CCCCOCCCCC(CC)(CC)COP(=O)(O)O)CCOP(=O)(O)O. The summed E-state index contributed by atoms with van der Waals surface area (Å²) in [6.07, 6.45) is 9.69. The second-order valence-corrected chi connectivity index (χ2v) is 11.3. The number of hydrogen-bond acceptors (Lipinski definition) is 5. The van der Waals surface area contributed by atoms with Gasteiger partial charge in [0.25, 0.3) is 0 Å². The molecule has 0 fully saturated rings. The molecule has 194 valence electrons. The molecule has 0 aromatic heterocycles. The first-order chi connectivity index (χ1) is 14.9. The largest absolute Gasteiger partial charge is 0.469 e. The van der Waals surface area contributed by atoms with Gasteiger partial charge in [-0.05, 0) is 55.8 Å². The molecule has 0 aliphatic rings. The van der Waals surface area contributed by atoms with Gasteiger partial charge in [-0.1, -0.05) is 53.4 Å². The highest BCUT2D eigenvalue weighted by Gasteiger charge is 2.30. The van der Waals surface area contributed by atoms with Crippen molar-refractivity contribution in [3.63, 3.8) is 0 Å². The van der Waals surface area contributed by atoms with Crippen LogP contribution in [0.15, 0.2) is 0 Å². The predicted molar refractivity (Wildman–Crippen MR) is 125 cm³/mol. The molecule has 9 nitrogen and oxygen atoms in total. The summed E-state index contributed by atoms with van der Waals surface area (Å²) in [5, 5.41) is 0. The van der Waals surface area contributed by atoms with Crippen LogP contribution in [0.3, 0.4) is 0 Å². The molecule has 0 heterocycles. The highest BCUT2D eigenvalue weighted by atomic mass is 31.2. The Labute approximate surface area is 194 Å². The summed E-state index contributed by atoms with van der Waals surface area (Å²) in [4.78, 5) is 35.7. The molecule has 0 aromatic carbocycles. The molecule has 32 heavy (non-hydrogen) atoms. The van der Waals surface area contributed by atoms with Gasteiger partial charge in [0, 0.05) is 13.2 Å². The monoisotopic (exact) mass is 504 g/mol. The van der Waals surface area contributed by atoms with Crippen molar-refractivity contribution in [1.82, 2.24) is 0 Å². The quantitative estimate of drug-likeness (QED) is 0.117. The molecule has 0 aromatic rings. The molecule has 0 aliphatic carbocycles. The van der Waals surface area contributed by atoms with Crippen molar-refractivity contribution in [3.05, 3.63) is 0 Å². The fourth-order valence-electron chi connectivity index (χ4n) is 4.07. The first-order valence-corrected chi connectivity index (χ1v) is 14.9. The second kappa shape index (κ2) is 16.0. The maximum Gasteiger partial charge on any atom is 0.469 e. The maximum absolute atomic E-state index is 11.0. The van der Waals surface area contributed by atoms with Gasteiger partial charge in [0.2, 0.25) is 0 Å². The van der Waals surface area contributed by atoms with Crippen molar-refractivity contribution < 1.29 is 42.5 Å². The van der Waals surface area contributed by atoms with Crippen molar-refractivity contribution in [2.45, 2.75) is 98.3 Å². The highest BCUT2D eigenvalue weighted by molar-refractivity contribution is 7.46. The second-order valence-electron chi connectivity index (χ2n) is 8.78. The minimum absolute atomic E-state index is 0.0357. The molecule has 11 heteroatoms. The third-order valence-electron chi connectivity index (χ3n) is 6.92. The van der Waals surface area contributed by atoms with E-state index in [1.54, 1.807) is 0 Å². The lowest BCUT2D eigenvalue weighted by Crippen LogP contribution is -2.25. The summed E-state index contributed by atoms with van der Waals surface area (Å²) in [5.74, 6) is 0. The molecule has 0 rings (SSSR count). The van der Waals surface area contributed by atoms with Crippen molar-refractivity contribution in [2.24, 2.45) is 10.8 Å². The number of phosphoric ester groups is 2. The molecule has 0 unspecified atom stereocenters. The summed E-state index contributed by atoms with van der Waals surface area (Å²) in [7, 11) is -8.86. The van der Waals surface area contributed by atoms with Gasteiger partial charge in [-0.3, -0.25) is 9.05 Å². The van der Waals surface area contributed by atoms with Gasteiger partial charge in [-0.15, -0.1) is 0 Å². The summed E-state index contributed by atoms with van der Waals surface area (Å²) >= 11 is 0. The summed E-state index contributed by atoms with van der Waals surface area (Å²) in [5.41, 5.74) is -0.178. The lowest BCUT2D eigenvalue weighted by Gasteiger charge is -2.32. The Kier molecular flexibility index (Phi) is 16.1. The van der Waals surface area contributed by atoms with E-state index in [-0.39, 0.29) is 24.0 Å². The topological polar surface area (TPSA) is 143 Å². The van der Waals surface area contributed by atoms with E-state index in [4.69, 9.17) is 28.8 Å². The van der Waals surface area contributed by atoms with Gasteiger partial charge in [0.05, 0.1) is 13.2 Å². The maximum atomic E-state index is 11.0. The standard InChI is InChI=1S/C21H46O9P2/c1-5-20(6-2,15-18-29-31(22,23)24)13-9-11-16-28-17-12-10-14-21(7-3,8-4)19-30-32(25,26)27/h5-19H2,1-4H3,(H2,22,23,24)(H2,25,26,27). The van der Waals surface area contributed by atoms with E-state index in [0.29, 0.717) is 19.6 Å². The number of rotatable bonds is 21. The molecule has 0 aliphatic heterocycles. The van der Waals surface area contributed by atoms with Crippen LogP contribution in [0.2, 0.25) is 0 Å². The first-order valence-electron chi connectivity index (χ1n) is 11.8. The van der Waals surface area contributed by atoms with Gasteiger partial charge in [-0.2, -0.15) is 0 Å². The first kappa shape index (κ1) is 32.2. The minimum Gasteiger partial charge on any atom is -0.381 e. The number of ether oxygens (including phenoxy) is 1. The Bertz CT molecular complexity index is 566. The smallest absolute Gasteiger partial charge is 0.381 e. The average molecular weight is 505 g/mol. The minimum atomic E-state index is -4.45. The van der Waals surface area contributed by atoms with Crippen LogP contribution in [0.4, 0.5) is 0 Å². The molecule has 4 N–H and O–H groups in total. The van der Waals surface area contributed by atoms with Crippen LogP contribution in [0, 0.1) is 10.8 Å². The molecule has 0 spiro atoms. The molecule has 0 saturated heterocycles. The molecular formula is C21H46O9P2. The lowest BCUT2D eigenvalue weighted by molar-refractivity contribution is 0.0807. The zero-order valence-electron chi connectivity index (χ0n) is 20.3. The highest BCUT2D eigenvalue weighted by Crippen LogP contribution is 2.42. The predicted octanol–water partition coefficient (Wildman–Crippen LogP) is 5.57. The van der Waals surface area contributed by atoms with E-state index >= 15 is 0 Å². The van der Waals surface area contributed by atoms with Crippen molar-refractivity contribution in [2.75, 3.05) is 26.4 Å². The van der Waals surface area contributed by atoms with Crippen LogP contribution in [0.5, 0.6) is 0 Å². The number of hydrogen-bond donors (Lipinski definition) is 4. The van der Waals surface area contributed by atoms with E-state index in [1.807, 2.05) is 13.8 Å². The van der Waals surface area contributed by atoms with Crippen LogP contribution in [0.1, 0.15) is 98.3 Å². The molecule has 0 atom stereocenters. The van der Waals surface area contributed by atoms with Crippen LogP contribution >= 0.6 is 15.6 Å². The molecule has 0 radical (unpaired) electrons. The molecule has 0 bridgehead atoms. The van der Waals surface area contributed by atoms with E-state index < -0.39 is 15.6 Å². The average Bonchev–Trinajstić information content (AvgIpc) is 2.72. The number of phosphoric acid groups is 2. The van der Waals surface area contributed by atoms with Crippen molar-refractivity contribution in [1.29, 1.82) is 0 Å². The van der Waals surface area contributed by atoms with Crippen molar-refractivity contribution >= 4 is 15.6 Å². The lowest BCUT2D eigenvalue weighted by atomic mass is 9.75. The van der Waals surface area contributed by atoms with Gasteiger partial charge in [-0.25, -0.2) is 9.13 Å². The molecule has 0 saturated carbocycles. The normalized spacial score (nSPS) is 13.6. The van der Waals surface area contributed by atoms with Crippen molar-refractivity contribution in [3.8, 4) is 0 Å². The van der Waals surface area contributed by atoms with Crippen LogP contribution in [-0.2, 0) is 22.9 Å². The van der Waals surface area contributed by atoms with Gasteiger partial charge in [0.1, 0.15) is 0 Å². The third-order valence-corrected chi connectivity index (χ3v) is 7.91. The fraction of sp³-hybridized carbons (Fsp3) is 1.00. The van der Waals surface area contributed by atoms with E-state index in [2.05, 4.69) is 18.4 Å². The summed E-state index contributed by atoms with van der Waals surface area (Å²) < 4.78 is 37.1. The third kappa shape index (κ3) is 15.2. The van der Waals surface area contributed by atoms with Gasteiger partial charge < -0.3 is 24.3 Å². The molecule has 0 amide bonds. The summed E-state index contributed by atoms with van der Waals surface area (Å²) in [6, 6.07) is 0.